The van der Waals surface area contributed by atoms with Gasteiger partial charge in [0.25, 0.3) is 0 Å². The average molecular weight is 170 g/mol. The lowest BCUT2D eigenvalue weighted by Crippen LogP contribution is -2.00. The van der Waals surface area contributed by atoms with E-state index < -0.39 is 5.97 Å². The van der Waals surface area contributed by atoms with Crippen LogP contribution in [0.4, 0.5) is 0 Å². The molecule has 0 aromatic carbocycles. The molecule has 0 amide bonds. The van der Waals surface area contributed by atoms with Gasteiger partial charge in [0.1, 0.15) is 0 Å². The highest BCUT2D eigenvalue weighted by Gasteiger charge is 1.93. The second-order valence-electron chi connectivity index (χ2n) is 2.94. The monoisotopic (exact) mass is 170 g/mol. The fraction of sp³-hybridized carbons (Fsp3) is 0.800. The predicted octanol–water partition coefficient (Wildman–Crippen LogP) is 2.60. The third-order valence-corrected chi connectivity index (χ3v) is 1.74. The molecule has 0 heterocycles. The molecule has 0 atom stereocenters. The zero-order valence-electron chi connectivity index (χ0n) is 7.84. The molecule has 2 radical (unpaired) electrons. The van der Waals surface area contributed by atoms with Gasteiger partial charge in [0.2, 0.25) is 0 Å². The van der Waals surface area contributed by atoms with Crippen LogP contribution in [0.1, 0.15) is 45.4 Å². The van der Waals surface area contributed by atoms with Crippen molar-refractivity contribution in [2.75, 3.05) is 6.61 Å². The highest BCUT2D eigenvalue weighted by atomic mass is 16.5. The topological polar surface area (TPSA) is 26.3 Å². The summed E-state index contributed by atoms with van der Waals surface area (Å²) < 4.78 is 4.59. The molecule has 0 saturated heterocycles. The quantitative estimate of drug-likeness (QED) is 0.433. The number of hydrogen-bond donors (Lipinski definition) is 0. The second-order valence-corrected chi connectivity index (χ2v) is 2.94. The first-order valence-electron chi connectivity index (χ1n) is 4.69. The molecule has 0 aromatic heterocycles. The summed E-state index contributed by atoms with van der Waals surface area (Å²) in [5.41, 5.74) is 0. The van der Waals surface area contributed by atoms with Crippen molar-refractivity contribution in [2.45, 2.75) is 45.4 Å². The van der Waals surface area contributed by atoms with Crippen molar-refractivity contribution < 1.29 is 9.53 Å². The summed E-state index contributed by atoms with van der Waals surface area (Å²) >= 11 is 0. The number of unbranched alkanes of at least 4 members (excludes halogenated alkanes) is 5. The van der Waals surface area contributed by atoms with Gasteiger partial charge in [-0.25, -0.2) is 0 Å². The van der Waals surface area contributed by atoms with Crippen molar-refractivity contribution in [3.63, 3.8) is 0 Å². The Morgan fingerprint density at radius 3 is 2.33 bits per heavy atom. The van der Waals surface area contributed by atoms with E-state index in [-0.39, 0.29) is 0 Å². The van der Waals surface area contributed by atoms with Crippen LogP contribution in [0, 0.1) is 6.92 Å². The van der Waals surface area contributed by atoms with Crippen LogP contribution in [-0.2, 0) is 9.53 Å². The van der Waals surface area contributed by atoms with Gasteiger partial charge in [-0.05, 0) is 6.42 Å². The van der Waals surface area contributed by atoms with Gasteiger partial charge in [-0.2, -0.15) is 0 Å². The number of carbonyl (C=O) groups is 1. The van der Waals surface area contributed by atoms with Crippen molar-refractivity contribution in [1.82, 2.24) is 0 Å². The first-order chi connectivity index (χ1) is 5.77. The smallest absolute Gasteiger partial charge is 0.310 e. The van der Waals surface area contributed by atoms with Gasteiger partial charge in [0.05, 0.1) is 13.5 Å². The molecule has 0 unspecified atom stereocenters. The molecule has 2 nitrogen and oxygen atoms in total. The molecule has 0 saturated carbocycles. The van der Waals surface area contributed by atoms with Crippen LogP contribution in [0.25, 0.3) is 0 Å². The highest BCUT2D eigenvalue weighted by molar-refractivity contribution is 5.73. The van der Waals surface area contributed by atoms with Crippen molar-refractivity contribution in [3.05, 3.63) is 6.92 Å². The Morgan fingerprint density at radius 2 is 1.75 bits per heavy atom. The molecule has 0 bridgehead atoms. The van der Waals surface area contributed by atoms with Crippen LogP contribution in [0.3, 0.4) is 0 Å². The van der Waals surface area contributed by atoms with E-state index in [4.69, 9.17) is 6.92 Å². The Kier molecular flexibility index (Phi) is 8.19. The Balaban J connectivity index is 2.86. The maximum atomic E-state index is 10.1. The molecule has 0 aliphatic carbocycles. The van der Waals surface area contributed by atoms with Crippen LogP contribution in [0.15, 0.2) is 0 Å². The standard InChI is InChI=1S/C10H18O2/c1-3-4-5-6-7-8-9-12-10(2)11/h2H,3-9H2,1H3. The van der Waals surface area contributed by atoms with E-state index >= 15 is 0 Å². The Morgan fingerprint density at radius 1 is 1.17 bits per heavy atom. The summed E-state index contributed by atoms with van der Waals surface area (Å²) in [5, 5.41) is 0. The van der Waals surface area contributed by atoms with Gasteiger partial charge in [-0.3, -0.25) is 4.79 Å². The molecule has 2 heteroatoms. The Labute approximate surface area is 75.3 Å². The third kappa shape index (κ3) is 9.47. The zero-order valence-corrected chi connectivity index (χ0v) is 7.84. The van der Waals surface area contributed by atoms with E-state index in [1.165, 1.54) is 25.7 Å². The highest BCUT2D eigenvalue weighted by Crippen LogP contribution is 2.04. The molecule has 0 N–H and O–H groups in total. The molecule has 0 aromatic rings. The maximum Gasteiger partial charge on any atom is 0.310 e. The number of rotatable bonds is 7. The van der Waals surface area contributed by atoms with E-state index in [1.54, 1.807) is 0 Å². The van der Waals surface area contributed by atoms with Crippen molar-refractivity contribution >= 4 is 5.97 Å². The summed E-state index contributed by atoms with van der Waals surface area (Å²) in [6.07, 6.45) is 7.15. The average Bonchev–Trinajstić information content (AvgIpc) is 2.02. The molecule has 0 aliphatic heterocycles. The van der Waals surface area contributed by atoms with E-state index in [2.05, 4.69) is 11.7 Å². The summed E-state index contributed by atoms with van der Waals surface area (Å²) in [6, 6.07) is 0. The molecule has 0 spiro atoms. The lowest BCUT2D eigenvalue weighted by molar-refractivity contribution is -0.138. The number of ether oxygens (including phenoxy) is 1. The molecule has 0 rings (SSSR count). The summed E-state index contributed by atoms with van der Waals surface area (Å²) in [5.74, 6) is -0.663. The maximum absolute atomic E-state index is 10.1. The lowest BCUT2D eigenvalue weighted by atomic mass is 10.1. The first kappa shape index (κ1) is 11.5. The van der Waals surface area contributed by atoms with Crippen LogP contribution in [0.2, 0.25) is 0 Å². The van der Waals surface area contributed by atoms with E-state index in [9.17, 15) is 4.79 Å². The van der Waals surface area contributed by atoms with Crippen molar-refractivity contribution in [3.8, 4) is 0 Å². The van der Waals surface area contributed by atoms with E-state index in [0.717, 1.165) is 12.8 Å². The number of esters is 1. The van der Waals surface area contributed by atoms with Gasteiger partial charge in [-0.1, -0.05) is 39.0 Å². The van der Waals surface area contributed by atoms with Crippen molar-refractivity contribution in [1.29, 1.82) is 0 Å². The fourth-order valence-electron chi connectivity index (χ4n) is 1.06. The fourth-order valence-corrected chi connectivity index (χ4v) is 1.06. The molecular formula is C10H18O2. The minimum Gasteiger partial charge on any atom is -0.465 e. The van der Waals surface area contributed by atoms with Gasteiger partial charge in [0, 0.05) is 0 Å². The van der Waals surface area contributed by atoms with Gasteiger partial charge < -0.3 is 4.74 Å². The van der Waals surface area contributed by atoms with Crippen LogP contribution >= 0.6 is 0 Å². The van der Waals surface area contributed by atoms with Crippen LogP contribution in [0.5, 0.6) is 0 Å². The predicted molar refractivity (Wildman–Crippen MR) is 48.6 cm³/mol. The SMILES string of the molecule is [CH]C(=O)OCCCCCCCC. The Bertz CT molecular complexity index is 110. The molecule has 12 heavy (non-hydrogen) atoms. The van der Waals surface area contributed by atoms with E-state index in [1.807, 2.05) is 0 Å². The minimum atomic E-state index is -0.663. The van der Waals surface area contributed by atoms with Gasteiger partial charge in [-0.15, -0.1) is 0 Å². The molecule has 70 valence electrons. The minimum absolute atomic E-state index is 0.474. The lowest BCUT2D eigenvalue weighted by Gasteiger charge is -2.00. The first-order valence-corrected chi connectivity index (χ1v) is 4.69. The summed E-state index contributed by atoms with van der Waals surface area (Å²) in [6.45, 7) is 7.46. The molecule has 0 aliphatic rings. The Hall–Kier alpha value is -0.530. The number of hydrogen-bond acceptors (Lipinski definition) is 2. The number of carbonyl (C=O) groups excluding carboxylic acids is 1. The summed E-state index contributed by atoms with van der Waals surface area (Å²) in [4.78, 5) is 10.1. The second kappa shape index (κ2) is 8.57. The largest absolute Gasteiger partial charge is 0.465 e. The van der Waals surface area contributed by atoms with Crippen LogP contribution < -0.4 is 0 Å². The van der Waals surface area contributed by atoms with Crippen molar-refractivity contribution in [2.24, 2.45) is 0 Å². The summed E-state index contributed by atoms with van der Waals surface area (Å²) in [7, 11) is 0. The molecular weight excluding hydrogens is 152 g/mol. The van der Waals surface area contributed by atoms with E-state index in [0.29, 0.717) is 6.61 Å². The molecule has 0 fully saturated rings. The third-order valence-electron chi connectivity index (χ3n) is 1.74. The zero-order chi connectivity index (χ0) is 9.23. The van der Waals surface area contributed by atoms with Crippen LogP contribution in [-0.4, -0.2) is 12.6 Å². The van der Waals surface area contributed by atoms with Gasteiger partial charge in [0.15, 0.2) is 0 Å². The van der Waals surface area contributed by atoms with Gasteiger partial charge >= 0.3 is 5.97 Å². The normalized spacial score (nSPS) is 9.83.